The van der Waals surface area contributed by atoms with Crippen LogP contribution in [0.2, 0.25) is 5.02 Å². The van der Waals surface area contributed by atoms with Crippen LogP contribution < -0.4 is 11.1 Å². The van der Waals surface area contributed by atoms with Crippen LogP contribution in [-0.2, 0) is 4.79 Å². The summed E-state index contributed by atoms with van der Waals surface area (Å²) in [5.74, 6) is 0.175. The van der Waals surface area contributed by atoms with Crippen molar-refractivity contribution in [2.75, 3.05) is 11.9 Å². The standard InChI is InChI=1S/C13H18BrClN2O/c1-8(2)5-9(7-16)13(18)17-12-6-10(14)3-4-11(12)15/h3-4,6,8-9H,5,7,16H2,1-2H3,(H,17,18). The van der Waals surface area contributed by atoms with Crippen molar-refractivity contribution in [1.29, 1.82) is 0 Å². The van der Waals surface area contributed by atoms with Crippen LogP contribution in [0.1, 0.15) is 20.3 Å². The minimum atomic E-state index is -0.181. The zero-order valence-corrected chi connectivity index (χ0v) is 12.9. The molecular weight excluding hydrogens is 316 g/mol. The second-order valence-electron chi connectivity index (χ2n) is 4.68. The average molecular weight is 334 g/mol. The molecule has 100 valence electrons. The number of anilines is 1. The predicted molar refractivity (Wildman–Crippen MR) is 79.8 cm³/mol. The largest absolute Gasteiger partial charge is 0.330 e. The van der Waals surface area contributed by atoms with E-state index in [0.29, 0.717) is 23.2 Å². The maximum absolute atomic E-state index is 12.1. The van der Waals surface area contributed by atoms with E-state index < -0.39 is 0 Å². The molecule has 0 fully saturated rings. The van der Waals surface area contributed by atoms with E-state index >= 15 is 0 Å². The Labute approximate surface area is 121 Å². The highest BCUT2D eigenvalue weighted by Crippen LogP contribution is 2.26. The molecule has 1 unspecified atom stereocenters. The fraction of sp³-hybridized carbons (Fsp3) is 0.462. The lowest BCUT2D eigenvalue weighted by atomic mass is 9.96. The molecule has 1 aromatic rings. The minimum Gasteiger partial charge on any atom is -0.330 e. The molecule has 0 heterocycles. The molecule has 3 N–H and O–H groups in total. The van der Waals surface area contributed by atoms with Crippen molar-refractivity contribution in [2.24, 2.45) is 17.6 Å². The van der Waals surface area contributed by atoms with Crippen LogP contribution in [0.15, 0.2) is 22.7 Å². The van der Waals surface area contributed by atoms with Gasteiger partial charge in [-0.05, 0) is 30.5 Å². The van der Waals surface area contributed by atoms with Gasteiger partial charge in [0.25, 0.3) is 0 Å². The minimum absolute atomic E-state index is 0.0776. The highest BCUT2D eigenvalue weighted by molar-refractivity contribution is 9.10. The Bertz CT molecular complexity index is 423. The normalized spacial score (nSPS) is 12.6. The van der Waals surface area contributed by atoms with Crippen LogP contribution >= 0.6 is 27.5 Å². The molecule has 0 aliphatic rings. The maximum Gasteiger partial charge on any atom is 0.228 e. The van der Waals surface area contributed by atoms with E-state index in [4.69, 9.17) is 17.3 Å². The summed E-state index contributed by atoms with van der Waals surface area (Å²) in [5, 5.41) is 3.35. The number of hydrogen-bond donors (Lipinski definition) is 2. The van der Waals surface area contributed by atoms with Crippen LogP contribution in [0, 0.1) is 11.8 Å². The molecule has 0 bridgehead atoms. The molecule has 0 saturated heterocycles. The second kappa shape index (κ2) is 7.12. The summed E-state index contributed by atoms with van der Waals surface area (Å²) in [6.45, 7) is 4.49. The molecule has 0 aromatic heterocycles. The topological polar surface area (TPSA) is 55.1 Å². The van der Waals surface area contributed by atoms with Gasteiger partial charge in [0.15, 0.2) is 0 Å². The third kappa shape index (κ3) is 4.59. The van der Waals surface area contributed by atoms with Crippen molar-refractivity contribution in [3.8, 4) is 0 Å². The molecule has 1 rings (SSSR count). The van der Waals surface area contributed by atoms with E-state index in [1.807, 2.05) is 6.07 Å². The third-order valence-electron chi connectivity index (χ3n) is 2.60. The van der Waals surface area contributed by atoms with Crippen LogP contribution in [-0.4, -0.2) is 12.5 Å². The quantitative estimate of drug-likeness (QED) is 0.864. The van der Waals surface area contributed by atoms with Gasteiger partial charge in [-0.1, -0.05) is 41.4 Å². The second-order valence-corrected chi connectivity index (χ2v) is 6.00. The summed E-state index contributed by atoms with van der Waals surface area (Å²) in [4.78, 5) is 12.1. The van der Waals surface area contributed by atoms with E-state index in [2.05, 4.69) is 35.1 Å². The first kappa shape index (κ1) is 15.5. The molecule has 1 aromatic carbocycles. The molecule has 5 heteroatoms. The molecule has 1 atom stereocenters. The van der Waals surface area contributed by atoms with Gasteiger partial charge < -0.3 is 11.1 Å². The fourth-order valence-electron chi connectivity index (χ4n) is 1.71. The van der Waals surface area contributed by atoms with E-state index in [1.54, 1.807) is 12.1 Å². The molecule has 0 aliphatic carbocycles. The smallest absolute Gasteiger partial charge is 0.228 e. The molecule has 18 heavy (non-hydrogen) atoms. The number of rotatable bonds is 5. The highest BCUT2D eigenvalue weighted by atomic mass is 79.9. The monoisotopic (exact) mass is 332 g/mol. The van der Waals surface area contributed by atoms with Crippen LogP contribution in [0.5, 0.6) is 0 Å². The lowest BCUT2D eigenvalue weighted by molar-refractivity contribution is -0.120. The number of nitrogens with one attached hydrogen (secondary N) is 1. The Hall–Kier alpha value is -0.580. The lowest BCUT2D eigenvalue weighted by Gasteiger charge is -2.17. The summed E-state index contributed by atoms with van der Waals surface area (Å²) in [6, 6.07) is 5.34. The Balaban J connectivity index is 2.76. The maximum atomic E-state index is 12.1. The van der Waals surface area contributed by atoms with E-state index in [0.717, 1.165) is 10.9 Å². The van der Waals surface area contributed by atoms with Gasteiger partial charge in [-0.15, -0.1) is 0 Å². The van der Waals surface area contributed by atoms with Gasteiger partial charge in [0.2, 0.25) is 5.91 Å². The number of hydrogen-bond acceptors (Lipinski definition) is 2. The van der Waals surface area contributed by atoms with Crippen LogP contribution in [0.25, 0.3) is 0 Å². The Morgan fingerprint density at radius 1 is 1.50 bits per heavy atom. The first-order valence-corrected chi connectivity index (χ1v) is 7.07. The first-order valence-electron chi connectivity index (χ1n) is 5.90. The molecule has 0 spiro atoms. The van der Waals surface area contributed by atoms with Gasteiger partial charge in [0.05, 0.1) is 16.6 Å². The summed E-state index contributed by atoms with van der Waals surface area (Å²) in [5.41, 5.74) is 6.25. The SMILES string of the molecule is CC(C)CC(CN)C(=O)Nc1cc(Br)ccc1Cl. The lowest BCUT2D eigenvalue weighted by Crippen LogP contribution is -2.30. The van der Waals surface area contributed by atoms with E-state index in [1.165, 1.54) is 0 Å². The van der Waals surface area contributed by atoms with Crippen molar-refractivity contribution in [3.05, 3.63) is 27.7 Å². The molecule has 0 radical (unpaired) electrons. The van der Waals surface area contributed by atoms with Gasteiger partial charge in [-0.25, -0.2) is 0 Å². The molecule has 1 amide bonds. The predicted octanol–water partition coefficient (Wildman–Crippen LogP) is 3.66. The van der Waals surface area contributed by atoms with Gasteiger partial charge in [0, 0.05) is 11.0 Å². The molecule has 0 aliphatic heterocycles. The number of halogens is 2. The average Bonchev–Trinajstić information content (AvgIpc) is 2.30. The zero-order valence-electron chi connectivity index (χ0n) is 10.5. The zero-order chi connectivity index (χ0) is 13.7. The van der Waals surface area contributed by atoms with E-state index in [9.17, 15) is 4.79 Å². The van der Waals surface area contributed by atoms with Crippen molar-refractivity contribution in [3.63, 3.8) is 0 Å². The summed E-state index contributed by atoms with van der Waals surface area (Å²) in [7, 11) is 0. The summed E-state index contributed by atoms with van der Waals surface area (Å²) >= 11 is 9.37. The molecule has 0 saturated carbocycles. The molecular formula is C13H18BrClN2O. The first-order chi connectivity index (χ1) is 8.43. The number of benzene rings is 1. The van der Waals surface area contributed by atoms with Crippen molar-refractivity contribution < 1.29 is 4.79 Å². The number of carbonyl (C=O) groups is 1. The number of amides is 1. The Kier molecular flexibility index (Phi) is 6.12. The van der Waals surface area contributed by atoms with Crippen molar-refractivity contribution >= 4 is 39.1 Å². The number of carbonyl (C=O) groups excluding carboxylic acids is 1. The van der Waals surface area contributed by atoms with Crippen LogP contribution in [0.4, 0.5) is 5.69 Å². The van der Waals surface area contributed by atoms with Gasteiger partial charge in [0.1, 0.15) is 0 Å². The summed E-state index contributed by atoms with van der Waals surface area (Å²) in [6.07, 6.45) is 0.772. The Morgan fingerprint density at radius 2 is 2.17 bits per heavy atom. The van der Waals surface area contributed by atoms with Gasteiger partial charge in [-0.3, -0.25) is 4.79 Å². The van der Waals surface area contributed by atoms with Crippen molar-refractivity contribution in [2.45, 2.75) is 20.3 Å². The summed E-state index contributed by atoms with van der Waals surface area (Å²) < 4.78 is 0.871. The Morgan fingerprint density at radius 3 is 2.72 bits per heavy atom. The van der Waals surface area contributed by atoms with Crippen molar-refractivity contribution in [1.82, 2.24) is 0 Å². The highest BCUT2D eigenvalue weighted by Gasteiger charge is 2.19. The van der Waals surface area contributed by atoms with E-state index in [-0.39, 0.29) is 11.8 Å². The fourth-order valence-corrected chi connectivity index (χ4v) is 2.23. The van der Waals surface area contributed by atoms with Crippen LogP contribution in [0.3, 0.4) is 0 Å². The van der Waals surface area contributed by atoms with Gasteiger partial charge >= 0.3 is 0 Å². The molecule has 3 nitrogen and oxygen atoms in total. The van der Waals surface area contributed by atoms with Gasteiger partial charge in [-0.2, -0.15) is 0 Å². The third-order valence-corrected chi connectivity index (χ3v) is 3.42. The number of nitrogens with two attached hydrogens (primary N) is 1.